The van der Waals surface area contributed by atoms with Crippen LogP contribution in [0.2, 0.25) is 0 Å². The first-order valence-electron chi connectivity index (χ1n) is 7.13. The summed E-state index contributed by atoms with van der Waals surface area (Å²) < 4.78 is 32.6. The summed E-state index contributed by atoms with van der Waals surface area (Å²) in [7, 11) is -2.42. The molecule has 0 unspecified atom stereocenters. The van der Waals surface area contributed by atoms with E-state index >= 15 is 0 Å². The van der Waals surface area contributed by atoms with E-state index in [0.717, 1.165) is 6.07 Å². The fourth-order valence-corrected chi connectivity index (χ4v) is 3.41. The van der Waals surface area contributed by atoms with Crippen LogP contribution in [-0.4, -0.2) is 44.8 Å². The summed E-state index contributed by atoms with van der Waals surface area (Å²) >= 11 is 0. The van der Waals surface area contributed by atoms with E-state index in [9.17, 15) is 13.2 Å². The lowest BCUT2D eigenvalue weighted by Gasteiger charge is -2.25. The average molecular weight is 344 g/mol. The molecule has 0 saturated heterocycles. The molecule has 0 aromatic heterocycles. The predicted octanol–water partition coefficient (Wildman–Crippen LogP) is 1.91. The molecule has 0 aliphatic carbocycles. The number of anilines is 1. The Hall–Kier alpha value is -1.64. The third-order valence-corrected chi connectivity index (χ3v) is 4.43. The smallest absolute Gasteiger partial charge is 0.335 e. The van der Waals surface area contributed by atoms with E-state index in [1.165, 1.54) is 19.2 Å². The Bertz CT molecular complexity index is 665. The number of hydrogen-bond donors (Lipinski definition) is 3. The minimum atomic E-state index is -3.90. The van der Waals surface area contributed by atoms with Crippen molar-refractivity contribution >= 4 is 21.7 Å². The highest BCUT2D eigenvalue weighted by Gasteiger charge is 2.24. The molecule has 23 heavy (non-hydrogen) atoms. The average Bonchev–Trinajstić information content (AvgIpc) is 2.36. The van der Waals surface area contributed by atoms with Gasteiger partial charge in [-0.1, -0.05) is 0 Å². The minimum absolute atomic E-state index is 0.0933. The standard InChI is InChI=1S/C15H24N2O5S/c1-10(9-22-5)17-23(20,21)13-8-11(14(18)19)6-7-12(13)16-15(2,3)4/h6-8,10,16-17H,9H2,1-5H3,(H,18,19)/t10-/m0/s1. The zero-order chi connectivity index (χ0) is 17.8. The van der Waals surface area contributed by atoms with Crippen LogP contribution in [0.4, 0.5) is 5.69 Å². The van der Waals surface area contributed by atoms with Crippen molar-refractivity contribution in [1.82, 2.24) is 4.72 Å². The molecule has 1 rings (SSSR count). The van der Waals surface area contributed by atoms with E-state index in [0.29, 0.717) is 5.69 Å². The highest BCUT2D eigenvalue weighted by atomic mass is 32.2. The molecule has 3 N–H and O–H groups in total. The number of nitrogens with one attached hydrogen (secondary N) is 2. The summed E-state index contributed by atoms with van der Waals surface area (Å²) in [5.74, 6) is -1.19. The van der Waals surface area contributed by atoms with Crippen molar-refractivity contribution < 1.29 is 23.1 Å². The van der Waals surface area contributed by atoms with Gasteiger partial charge >= 0.3 is 5.97 Å². The van der Waals surface area contributed by atoms with Gasteiger partial charge in [0.2, 0.25) is 10.0 Å². The van der Waals surface area contributed by atoms with Crippen molar-refractivity contribution in [3.63, 3.8) is 0 Å². The molecule has 0 saturated carbocycles. The summed E-state index contributed by atoms with van der Waals surface area (Å²) in [6, 6.07) is 3.54. The van der Waals surface area contributed by atoms with E-state index in [-0.39, 0.29) is 22.6 Å². The highest BCUT2D eigenvalue weighted by Crippen LogP contribution is 2.26. The quantitative estimate of drug-likeness (QED) is 0.698. The van der Waals surface area contributed by atoms with Crippen LogP contribution in [0.1, 0.15) is 38.1 Å². The molecule has 1 aromatic carbocycles. The lowest BCUT2D eigenvalue weighted by Crippen LogP contribution is -2.36. The summed E-state index contributed by atoms with van der Waals surface area (Å²) in [4.78, 5) is 11.0. The van der Waals surface area contributed by atoms with Crippen molar-refractivity contribution in [3.05, 3.63) is 23.8 Å². The number of ether oxygens (including phenoxy) is 1. The maximum atomic E-state index is 12.6. The van der Waals surface area contributed by atoms with Crippen molar-refractivity contribution in [2.45, 2.75) is 44.2 Å². The first-order chi connectivity index (χ1) is 10.5. The summed E-state index contributed by atoms with van der Waals surface area (Å²) in [5.41, 5.74) is -0.128. The van der Waals surface area contributed by atoms with Crippen LogP contribution in [0.3, 0.4) is 0 Å². The Kier molecular flexibility index (Phi) is 6.15. The zero-order valence-corrected chi connectivity index (χ0v) is 14.8. The van der Waals surface area contributed by atoms with Crippen LogP contribution >= 0.6 is 0 Å². The third-order valence-electron chi connectivity index (χ3n) is 2.80. The monoisotopic (exact) mass is 344 g/mol. The first-order valence-corrected chi connectivity index (χ1v) is 8.61. The van der Waals surface area contributed by atoms with E-state index in [1.54, 1.807) is 6.92 Å². The topological polar surface area (TPSA) is 105 Å². The van der Waals surface area contributed by atoms with E-state index in [2.05, 4.69) is 10.0 Å². The number of carbonyl (C=O) groups is 1. The highest BCUT2D eigenvalue weighted by molar-refractivity contribution is 7.89. The fourth-order valence-electron chi connectivity index (χ4n) is 2.00. The lowest BCUT2D eigenvalue weighted by molar-refractivity contribution is 0.0696. The molecule has 0 aliphatic heterocycles. The van der Waals surface area contributed by atoms with Gasteiger partial charge in [-0.15, -0.1) is 0 Å². The molecule has 7 nitrogen and oxygen atoms in total. The number of aromatic carboxylic acids is 1. The molecule has 1 aromatic rings. The van der Waals surface area contributed by atoms with Gasteiger partial charge in [-0.2, -0.15) is 0 Å². The van der Waals surface area contributed by atoms with Gasteiger partial charge in [0, 0.05) is 18.7 Å². The van der Waals surface area contributed by atoms with Crippen LogP contribution < -0.4 is 10.0 Å². The number of carboxylic acids is 1. The maximum absolute atomic E-state index is 12.6. The largest absolute Gasteiger partial charge is 0.478 e. The van der Waals surface area contributed by atoms with Crippen LogP contribution in [0.15, 0.2) is 23.1 Å². The molecule has 0 bridgehead atoms. The van der Waals surface area contributed by atoms with Gasteiger partial charge in [0.05, 0.1) is 17.9 Å². The van der Waals surface area contributed by atoms with Gasteiger partial charge in [-0.25, -0.2) is 17.9 Å². The second kappa shape index (κ2) is 7.29. The third kappa shape index (κ3) is 5.81. The normalized spacial score (nSPS) is 13.6. The molecule has 0 amide bonds. The molecule has 0 fully saturated rings. The molecule has 0 spiro atoms. The first kappa shape index (κ1) is 19.4. The van der Waals surface area contributed by atoms with Crippen LogP contribution in [0, 0.1) is 0 Å². The number of benzene rings is 1. The lowest BCUT2D eigenvalue weighted by atomic mass is 10.1. The van der Waals surface area contributed by atoms with Crippen molar-refractivity contribution in [1.29, 1.82) is 0 Å². The number of rotatable bonds is 7. The van der Waals surface area contributed by atoms with Crippen molar-refractivity contribution in [2.75, 3.05) is 19.0 Å². The zero-order valence-electron chi connectivity index (χ0n) is 14.0. The molecule has 1 atom stereocenters. The second-order valence-electron chi connectivity index (χ2n) is 6.37. The van der Waals surface area contributed by atoms with E-state index in [4.69, 9.17) is 9.84 Å². The molecule has 0 heterocycles. The van der Waals surface area contributed by atoms with Crippen LogP contribution in [0.5, 0.6) is 0 Å². The van der Waals surface area contributed by atoms with Gasteiger partial charge in [0.1, 0.15) is 4.90 Å². The Morgan fingerprint density at radius 1 is 1.35 bits per heavy atom. The Balaban J connectivity index is 3.33. The Morgan fingerprint density at radius 2 is 1.96 bits per heavy atom. The Morgan fingerprint density at radius 3 is 2.43 bits per heavy atom. The van der Waals surface area contributed by atoms with Crippen molar-refractivity contribution in [3.8, 4) is 0 Å². The van der Waals surface area contributed by atoms with Gasteiger partial charge in [0.25, 0.3) is 0 Å². The number of sulfonamides is 1. The summed E-state index contributed by atoms with van der Waals surface area (Å²) in [6.45, 7) is 7.53. The van der Waals surface area contributed by atoms with Gasteiger partial charge in [-0.05, 0) is 45.9 Å². The van der Waals surface area contributed by atoms with E-state index in [1.807, 2.05) is 20.8 Å². The minimum Gasteiger partial charge on any atom is -0.478 e. The molecule has 0 aliphatic rings. The fraction of sp³-hybridized carbons (Fsp3) is 0.533. The predicted molar refractivity (Wildman–Crippen MR) is 88.4 cm³/mol. The van der Waals surface area contributed by atoms with Gasteiger partial charge < -0.3 is 15.2 Å². The summed E-state index contributed by atoms with van der Waals surface area (Å²) in [6.07, 6.45) is 0. The molecular formula is C15H24N2O5S. The number of hydrogen-bond acceptors (Lipinski definition) is 5. The summed E-state index contributed by atoms with van der Waals surface area (Å²) in [5, 5.41) is 12.2. The number of methoxy groups -OCH3 is 1. The Labute approximate surface area is 137 Å². The molecular weight excluding hydrogens is 320 g/mol. The maximum Gasteiger partial charge on any atom is 0.335 e. The van der Waals surface area contributed by atoms with Gasteiger partial charge in [0.15, 0.2) is 0 Å². The molecule has 8 heteroatoms. The van der Waals surface area contributed by atoms with Crippen molar-refractivity contribution in [2.24, 2.45) is 0 Å². The second-order valence-corrected chi connectivity index (χ2v) is 8.05. The van der Waals surface area contributed by atoms with Crippen LogP contribution in [0.25, 0.3) is 0 Å². The molecule has 0 radical (unpaired) electrons. The molecule has 130 valence electrons. The van der Waals surface area contributed by atoms with E-state index < -0.39 is 22.0 Å². The number of carboxylic acid groups (broad SMARTS) is 1. The van der Waals surface area contributed by atoms with Crippen LogP contribution in [-0.2, 0) is 14.8 Å². The van der Waals surface area contributed by atoms with Gasteiger partial charge in [-0.3, -0.25) is 0 Å². The SMILES string of the molecule is COC[C@H](C)NS(=O)(=O)c1cc(C(=O)O)ccc1NC(C)(C)C.